The number of nitrogens with one attached hydrogen (secondary N) is 2. The number of carbonyl (C=O) groups excluding carboxylic acids is 1. The molecule has 1 atom stereocenters. The fourth-order valence-electron chi connectivity index (χ4n) is 3.23. The summed E-state index contributed by atoms with van der Waals surface area (Å²) in [5.74, 6) is -0.775. The number of rotatable bonds is 10. The van der Waals surface area contributed by atoms with Crippen molar-refractivity contribution < 1.29 is 9.18 Å². The lowest BCUT2D eigenvalue weighted by molar-refractivity contribution is -0.118. The molecule has 8 nitrogen and oxygen atoms in total. The Kier molecular flexibility index (Phi) is 8.35. The smallest absolute Gasteiger partial charge is 0.330 e. The third kappa shape index (κ3) is 5.35. The van der Waals surface area contributed by atoms with E-state index in [0.29, 0.717) is 24.9 Å². The van der Waals surface area contributed by atoms with Gasteiger partial charge in [-0.2, -0.15) is 0 Å². The van der Waals surface area contributed by atoms with Crippen molar-refractivity contribution in [2.75, 3.05) is 23.7 Å². The van der Waals surface area contributed by atoms with E-state index in [1.54, 1.807) is 25.1 Å². The number of H-pyrrole nitrogens is 1. The SMILES string of the molecule is CCCCN(C(=O)CNC(C)c1ccccc1F)c1c(N)n(CCC)c(=O)[nH]c1=O. The summed E-state index contributed by atoms with van der Waals surface area (Å²) < 4.78 is 15.2. The molecule has 1 amide bonds. The lowest BCUT2D eigenvalue weighted by atomic mass is 10.1. The number of aromatic nitrogens is 2. The minimum atomic E-state index is -0.698. The number of nitrogens with zero attached hydrogens (tertiary/aromatic N) is 2. The summed E-state index contributed by atoms with van der Waals surface area (Å²) >= 11 is 0. The predicted octanol–water partition coefficient (Wildman–Crippen LogP) is 2.15. The highest BCUT2D eigenvalue weighted by molar-refractivity contribution is 5.96. The van der Waals surface area contributed by atoms with Crippen LogP contribution in [-0.4, -0.2) is 28.5 Å². The number of carbonyl (C=O) groups is 1. The third-order valence-electron chi connectivity index (χ3n) is 4.90. The van der Waals surface area contributed by atoms with Crippen LogP contribution in [-0.2, 0) is 11.3 Å². The Bertz CT molecular complexity index is 985. The van der Waals surface area contributed by atoms with E-state index in [2.05, 4.69) is 10.3 Å². The highest BCUT2D eigenvalue weighted by atomic mass is 19.1. The first-order valence-electron chi connectivity index (χ1n) is 10.2. The van der Waals surface area contributed by atoms with Gasteiger partial charge in [0.15, 0.2) is 5.69 Å². The molecule has 0 aliphatic rings. The van der Waals surface area contributed by atoms with Crippen LogP contribution in [0.4, 0.5) is 15.9 Å². The second-order valence-corrected chi connectivity index (χ2v) is 7.17. The highest BCUT2D eigenvalue weighted by Gasteiger charge is 2.24. The molecule has 0 spiro atoms. The standard InChI is InChI=1S/C21H30FN5O3/c1-4-6-12-26(18-19(23)27(11-5-2)21(30)25-20(18)29)17(28)13-24-14(3)15-9-7-8-10-16(15)22/h7-10,14,24H,4-6,11-13,23H2,1-3H3,(H,25,29,30). The molecular formula is C21H30FN5O3. The zero-order valence-electron chi connectivity index (χ0n) is 17.7. The molecule has 2 rings (SSSR count). The zero-order chi connectivity index (χ0) is 22.3. The summed E-state index contributed by atoms with van der Waals surface area (Å²) in [6.45, 7) is 6.09. The fourth-order valence-corrected chi connectivity index (χ4v) is 3.23. The van der Waals surface area contributed by atoms with E-state index in [0.717, 1.165) is 6.42 Å². The molecule has 4 N–H and O–H groups in total. The van der Waals surface area contributed by atoms with Crippen LogP contribution in [0.15, 0.2) is 33.9 Å². The number of halogens is 1. The Hall–Kier alpha value is -2.94. The lowest BCUT2D eigenvalue weighted by Gasteiger charge is -2.25. The van der Waals surface area contributed by atoms with Crippen molar-refractivity contribution in [3.63, 3.8) is 0 Å². The van der Waals surface area contributed by atoms with Gasteiger partial charge in [0.1, 0.15) is 11.6 Å². The molecule has 0 aliphatic carbocycles. The molecule has 1 heterocycles. The molecule has 0 radical (unpaired) electrons. The first-order valence-corrected chi connectivity index (χ1v) is 10.2. The van der Waals surface area contributed by atoms with Gasteiger partial charge in [0.2, 0.25) is 5.91 Å². The number of anilines is 2. The largest absolute Gasteiger partial charge is 0.383 e. The minimum absolute atomic E-state index is 0.0261. The Morgan fingerprint density at radius 3 is 2.60 bits per heavy atom. The number of amides is 1. The first kappa shape index (κ1) is 23.3. The number of unbranched alkanes of at least 4 members (excludes halogenated alkanes) is 1. The molecule has 0 aliphatic heterocycles. The van der Waals surface area contributed by atoms with Gasteiger partial charge < -0.3 is 16.0 Å². The van der Waals surface area contributed by atoms with Gasteiger partial charge in [0, 0.05) is 24.7 Å². The van der Waals surface area contributed by atoms with Crippen molar-refractivity contribution >= 4 is 17.4 Å². The van der Waals surface area contributed by atoms with E-state index in [-0.39, 0.29) is 36.3 Å². The normalized spacial score (nSPS) is 12.0. The van der Waals surface area contributed by atoms with Gasteiger partial charge in [-0.25, -0.2) is 9.18 Å². The van der Waals surface area contributed by atoms with Crippen molar-refractivity contribution in [3.8, 4) is 0 Å². The Labute approximate surface area is 174 Å². The summed E-state index contributed by atoms with van der Waals surface area (Å²) in [5, 5.41) is 3.00. The number of benzene rings is 1. The third-order valence-corrected chi connectivity index (χ3v) is 4.90. The van der Waals surface area contributed by atoms with Crippen molar-refractivity contribution in [2.24, 2.45) is 0 Å². The number of nitrogens with two attached hydrogens (primary N) is 1. The number of hydrogen-bond acceptors (Lipinski definition) is 5. The lowest BCUT2D eigenvalue weighted by Crippen LogP contribution is -2.45. The van der Waals surface area contributed by atoms with Gasteiger partial charge in [-0.1, -0.05) is 38.5 Å². The zero-order valence-corrected chi connectivity index (χ0v) is 17.7. The van der Waals surface area contributed by atoms with Crippen LogP contribution in [0.1, 0.15) is 51.6 Å². The summed E-state index contributed by atoms with van der Waals surface area (Å²) in [7, 11) is 0. The molecule has 0 fully saturated rings. The van der Waals surface area contributed by atoms with Crippen LogP contribution in [0.2, 0.25) is 0 Å². The van der Waals surface area contributed by atoms with Crippen molar-refractivity contribution in [2.45, 2.75) is 52.6 Å². The van der Waals surface area contributed by atoms with Crippen LogP contribution in [0.5, 0.6) is 0 Å². The summed E-state index contributed by atoms with van der Waals surface area (Å²) in [6.07, 6.45) is 2.09. The molecule has 0 bridgehead atoms. The second-order valence-electron chi connectivity index (χ2n) is 7.17. The van der Waals surface area contributed by atoms with Gasteiger partial charge in [-0.15, -0.1) is 0 Å². The van der Waals surface area contributed by atoms with Gasteiger partial charge >= 0.3 is 5.69 Å². The molecule has 1 unspecified atom stereocenters. The summed E-state index contributed by atoms with van der Waals surface area (Å²) in [5.41, 5.74) is 5.25. The molecule has 9 heteroatoms. The quantitative estimate of drug-likeness (QED) is 0.546. The highest BCUT2D eigenvalue weighted by Crippen LogP contribution is 2.19. The summed E-state index contributed by atoms with van der Waals surface area (Å²) in [4.78, 5) is 41.2. The average molecular weight is 420 g/mol. The van der Waals surface area contributed by atoms with Crippen LogP contribution < -0.4 is 27.2 Å². The predicted molar refractivity (Wildman–Crippen MR) is 116 cm³/mol. The molecule has 30 heavy (non-hydrogen) atoms. The van der Waals surface area contributed by atoms with Gasteiger partial charge in [-0.05, 0) is 25.8 Å². The molecule has 2 aromatic rings. The first-order chi connectivity index (χ1) is 14.3. The Balaban J connectivity index is 2.30. The maximum absolute atomic E-state index is 14.0. The van der Waals surface area contributed by atoms with Crippen LogP contribution >= 0.6 is 0 Å². The average Bonchev–Trinajstić information content (AvgIpc) is 2.71. The van der Waals surface area contributed by atoms with Crippen LogP contribution in [0.25, 0.3) is 0 Å². The molecule has 0 saturated carbocycles. The van der Waals surface area contributed by atoms with Crippen molar-refractivity contribution in [1.82, 2.24) is 14.9 Å². The Morgan fingerprint density at radius 1 is 1.27 bits per heavy atom. The monoisotopic (exact) mass is 419 g/mol. The number of aromatic amines is 1. The van der Waals surface area contributed by atoms with E-state index in [4.69, 9.17) is 5.73 Å². The van der Waals surface area contributed by atoms with Gasteiger partial charge in [0.05, 0.1) is 6.54 Å². The van der Waals surface area contributed by atoms with Gasteiger partial charge in [0.25, 0.3) is 5.56 Å². The van der Waals surface area contributed by atoms with E-state index in [1.165, 1.54) is 15.5 Å². The molecular weight excluding hydrogens is 389 g/mol. The van der Waals surface area contributed by atoms with E-state index in [9.17, 15) is 18.8 Å². The van der Waals surface area contributed by atoms with E-state index in [1.807, 2.05) is 13.8 Å². The molecule has 164 valence electrons. The molecule has 1 aromatic heterocycles. The minimum Gasteiger partial charge on any atom is -0.383 e. The topological polar surface area (TPSA) is 113 Å². The van der Waals surface area contributed by atoms with Crippen LogP contribution in [0, 0.1) is 5.82 Å². The fraction of sp³-hybridized carbons (Fsp3) is 0.476. The summed E-state index contributed by atoms with van der Waals surface area (Å²) in [6, 6.07) is 5.93. The van der Waals surface area contributed by atoms with Gasteiger partial charge in [-0.3, -0.25) is 19.1 Å². The van der Waals surface area contributed by atoms with Crippen molar-refractivity contribution in [3.05, 3.63) is 56.5 Å². The van der Waals surface area contributed by atoms with E-state index >= 15 is 0 Å². The van der Waals surface area contributed by atoms with Crippen molar-refractivity contribution in [1.29, 1.82) is 0 Å². The maximum Gasteiger partial charge on any atom is 0.330 e. The molecule has 0 saturated heterocycles. The van der Waals surface area contributed by atoms with E-state index < -0.39 is 17.3 Å². The second kappa shape index (κ2) is 10.7. The molecule has 1 aromatic carbocycles. The maximum atomic E-state index is 14.0. The number of nitrogen functional groups attached to an aromatic ring is 1. The number of hydrogen-bond donors (Lipinski definition) is 3. The Morgan fingerprint density at radius 2 is 1.97 bits per heavy atom. The van der Waals surface area contributed by atoms with Crippen LogP contribution in [0.3, 0.4) is 0 Å².